The van der Waals surface area contributed by atoms with Gasteiger partial charge in [-0.1, -0.05) is 24.3 Å². The van der Waals surface area contributed by atoms with Crippen molar-refractivity contribution in [3.8, 4) is 11.5 Å². The summed E-state index contributed by atoms with van der Waals surface area (Å²) in [5.74, 6) is 2.12. The van der Waals surface area contributed by atoms with Crippen LogP contribution < -0.4 is 20.1 Å². The van der Waals surface area contributed by atoms with E-state index in [0.717, 1.165) is 18.0 Å². The van der Waals surface area contributed by atoms with Crippen LogP contribution in [0.2, 0.25) is 0 Å². The van der Waals surface area contributed by atoms with Gasteiger partial charge in [0.2, 0.25) is 0 Å². The monoisotopic (exact) mass is 526 g/mol. The van der Waals surface area contributed by atoms with E-state index in [0.29, 0.717) is 30.9 Å². The zero-order valence-electron chi connectivity index (χ0n) is 18.9. The van der Waals surface area contributed by atoms with E-state index in [2.05, 4.69) is 65.7 Å². The summed E-state index contributed by atoms with van der Waals surface area (Å²) in [5.41, 5.74) is 3.45. The molecule has 0 aliphatic rings. The maximum Gasteiger partial charge on any atom is 0.195 e. The third-order valence-corrected chi connectivity index (χ3v) is 4.82. The van der Waals surface area contributed by atoms with E-state index in [-0.39, 0.29) is 24.0 Å². The third-order valence-electron chi connectivity index (χ3n) is 4.82. The van der Waals surface area contributed by atoms with Crippen molar-refractivity contribution in [3.05, 3.63) is 53.6 Å². The predicted molar refractivity (Wildman–Crippen MR) is 136 cm³/mol. The molecule has 0 bridgehead atoms. The Labute approximate surface area is 198 Å². The second kappa shape index (κ2) is 13.3. The zero-order valence-corrected chi connectivity index (χ0v) is 21.2. The lowest BCUT2D eigenvalue weighted by atomic mass is 10.1. The highest BCUT2D eigenvalue weighted by molar-refractivity contribution is 14.0. The first kappa shape index (κ1) is 26.0. The summed E-state index contributed by atoms with van der Waals surface area (Å²) in [6, 6.07) is 14.8. The van der Waals surface area contributed by atoms with Gasteiger partial charge >= 0.3 is 0 Å². The molecule has 2 N–H and O–H groups in total. The van der Waals surface area contributed by atoms with E-state index >= 15 is 0 Å². The molecule has 0 aliphatic carbocycles. The molecule has 0 saturated carbocycles. The van der Waals surface area contributed by atoms with Gasteiger partial charge in [0.05, 0.1) is 13.7 Å². The lowest BCUT2D eigenvalue weighted by Crippen LogP contribution is -2.31. The van der Waals surface area contributed by atoms with Crippen LogP contribution >= 0.6 is 24.0 Å². The van der Waals surface area contributed by atoms with Crippen molar-refractivity contribution in [3.63, 3.8) is 0 Å². The average Bonchev–Trinajstić information content (AvgIpc) is 2.72. The van der Waals surface area contributed by atoms with Crippen LogP contribution in [-0.2, 0) is 13.1 Å². The van der Waals surface area contributed by atoms with Gasteiger partial charge in [0.1, 0.15) is 0 Å². The lowest BCUT2D eigenvalue weighted by molar-refractivity contribution is 0.265. The minimum atomic E-state index is 0. The molecular weight excluding hydrogens is 491 g/mol. The van der Waals surface area contributed by atoms with E-state index < -0.39 is 0 Å². The Morgan fingerprint density at radius 2 is 1.80 bits per heavy atom. The van der Waals surface area contributed by atoms with Crippen LogP contribution in [0.5, 0.6) is 11.5 Å². The molecule has 0 heterocycles. The summed E-state index contributed by atoms with van der Waals surface area (Å²) in [4.78, 5) is 6.67. The number of halogens is 1. The molecule has 2 rings (SSSR count). The standard InChI is InChI=1S/C23H34N4O2.HI/c1-7-29-21-13-12-20(14-22(21)28-6)26-23(24-4)25-15-18-10-8-9-11-19(18)16-27(5)17(2)3;/h8-14,17H,7,15-16H2,1-6H3,(H2,24,25,26);1H. The number of hydrogen-bond acceptors (Lipinski definition) is 4. The van der Waals surface area contributed by atoms with Crippen LogP contribution in [0.15, 0.2) is 47.5 Å². The predicted octanol–water partition coefficient (Wildman–Crippen LogP) is 4.74. The van der Waals surface area contributed by atoms with E-state index in [1.807, 2.05) is 25.1 Å². The maximum atomic E-state index is 5.58. The van der Waals surface area contributed by atoms with Crippen molar-refractivity contribution in [1.82, 2.24) is 10.2 Å². The van der Waals surface area contributed by atoms with Crippen LogP contribution in [0.3, 0.4) is 0 Å². The summed E-state index contributed by atoms with van der Waals surface area (Å²) in [6.07, 6.45) is 0. The molecule has 2 aromatic rings. The van der Waals surface area contributed by atoms with Gasteiger partial charge in [-0.15, -0.1) is 24.0 Å². The third kappa shape index (κ3) is 7.68. The van der Waals surface area contributed by atoms with Crippen LogP contribution in [-0.4, -0.2) is 44.7 Å². The number of rotatable bonds is 9. The largest absolute Gasteiger partial charge is 0.493 e. The molecule has 30 heavy (non-hydrogen) atoms. The van der Waals surface area contributed by atoms with Gasteiger partial charge < -0.3 is 20.1 Å². The molecule has 0 spiro atoms. The molecule has 0 aromatic heterocycles. The minimum absolute atomic E-state index is 0. The van der Waals surface area contributed by atoms with Gasteiger partial charge in [-0.25, -0.2) is 0 Å². The Morgan fingerprint density at radius 1 is 1.10 bits per heavy atom. The van der Waals surface area contributed by atoms with Gasteiger partial charge in [-0.3, -0.25) is 9.89 Å². The molecule has 2 aromatic carbocycles. The van der Waals surface area contributed by atoms with Crippen molar-refractivity contribution >= 4 is 35.6 Å². The molecule has 6 nitrogen and oxygen atoms in total. The Hall–Kier alpha value is -2.00. The number of benzene rings is 2. The molecule has 0 amide bonds. The topological polar surface area (TPSA) is 58.1 Å². The summed E-state index contributed by atoms with van der Waals surface area (Å²) < 4.78 is 11.0. The molecule has 0 saturated heterocycles. The first-order chi connectivity index (χ1) is 14.0. The summed E-state index contributed by atoms with van der Waals surface area (Å²) >= 11 is 0. The quantitative estimate of drug-likeness (QED) is 0.281. The number of aliphatic imine (C=N–C) groups is 1. The average molecular weight is 526 g/mol. The number of anilines is 1. The summed E-state index contributed by atoms with van der Waals surface area (Å²) in [6.45, 7) is 8.56. The second-order valence-electron chi connectivity index (χ2n) is 7.13. The van der Waals surface area contributed by atoms with Crippen molar-refractivity contribution < 1.29 is 9.47 Å². The molecule has 7 heteroatoms. The van der Waals surface area contributed by atoms with Crippen molar-refractivity contribution in [2.45, 2.75) is 39.9 Å². The fourth-order valence-corrected chi connectivity index (χ4v) is 2.85. The van der Waals surface area contributed by atoms with E-state index in [1.165, 1.54) is 11.1 Å². The smallest absolute Gasteiger partial charge is 0.195 e. The maximum absolute atomic E-state index is 5.58. The summed E-state index contributed by atoms with van der Waals surface area (Å²) in [5, 5.41) is 6.72. The van der Waals surface area contributed by atoms with Gasteiger partial charge in [-0.2, -0.15) is 0 Å². The molecule has 0 unspecified atom stereocenters. The van der Waals surface area contributed by atoms with Crippen molar-refractivity contribution in [2.24, 2.45) is 4.99 Å². The number of methoxy groups -OCH3 is 1. The molecule has 166 valence electrons. The molecule has 0 atom stereocenters. The molecular formula is C23H35IN4O2. The number of guanidine groups is 1. The summed E-state index contributed by atoms with van der Waals surface area (Å²) in [7, 11) is 5.55. The normalized spacial score (nSPS) is 11.3. The lowest BCUT2D eigenvalue weighted by Gasteiger charge is -2.23. The van der Waals surface area contributed by atoms with Crippen LogP contribution in [0.1, 0.15) is 31.9 Å². The highest BCUT2D eigenvalue weighted by Crippen LogP contribution is 2.30. The van der Waals surface area contributed by atoms with Gasteiger partial charge in [0.25, 0.3) is 0 Å². The fourth-order valence-electron chi connectivity index (χ4n) is 2.85. The molecule has 0 radical (unpaired) electrons. The second-order valence-corrected chi connectivity index (χ2v) is 7.13. The van der Waals surface area contributed by atoms with Crippen LogP contribution in [0.4, 0.5) is 5.69 Å². The number of nitrogens with one attached hydrogen (secondary N) is 2. The fraction of sp³-hybridized carbons (Fsp3) is 0.435. The van der Waals surface area contributed by atoms with Gasteiger partial charge in [0.15, 0.2) is 17.5 Å². The van der Waals surface area contributed by atoms with E-state index in [1.54, 1.807) is 14.2 Å². The van der Waals surface area contributed by atoms with Gasteiger partial charge in [-0.05, 0) is 51.1 Å². The SMILES string of the molecule is CCOc1ccc(NC(=NC)NCc2ccccc2CN(C)C(C)C)cc1OC.I. The Morgan fingerprint density at radius 3 is 2.40 bits per heavy atom. The highest BCUT2D eigenvalue weighted by Gasteiger charge is 2.10. The van der Waals surface area contributed by atoms with Crippen LogP contribution in [0, 0.1) is 0 Å². The first-order valence-electron chi connectivity index (χ1n) is 10.0. The van der Waals surface area contributed by atoms with E-state index in [9.17, 15) is 0 Å². The molecule has 0 aliphatic heterocycles. The first-order valence-corrected chi connectivity index (χ1v) is 10.0. The van der Waals surface area contributed by atoms with Crippen molar-refractivity contribution in [2.75, 3.05) is 33.1 Å². The van der Waals surface area contributed by atoms with Crippen LogP contribution in [0.25, 0.3) is 0 Å². The Balaban J connectivity index is 0.00000450. The number of nitrogens with zero attached hydrogens (tertiary/aromatic N) is 2. The van der Waals surface area contributed by atoms with E-state index in [4.69, 9.17) is 9.47 Å². The molecule has 0 fully saturated rings. The Kier molecular flexibility index (Phi) is 11.6. The zero-order chi connectivity index (χ0) is 21.2. The Bertz CT molecular complexity index is 812. The highest BCUT2D eigenvalue weighted by atomic mass is 127. The number of ether oxygens (including phenoxy) is 2. The number of hydrogen-bond donors (Lipinski definition) is 2. The minimum Gasteiger partial charge on any atom is -0.493 e. The van der Waals surface area contributed by atoms with Crippen molar-refractivity contribution in [1.29, 1.82) is 0 Å². The van der Waals surface area contributed by atoms with Gasteiger partial charge in [0, 0.05) is 37.9 Å².